The quantitative estimate of drug-likeness (QED) is 0.778. The first-order valence-corrected chi connectivity index (χ1v) is 10.7. The van der Waals surface area contributed by atoms with E-state index in [1.807, 2.05) is 12.1 Å². The summed E-state index contributed by atoms with van der Waals surface area (Å²) in [5.74, 6) is -0.262. The van der Waals surface area contributed by atoms with Gasteiger partial charge in [0.1, 0.15) is 0 Å². The second-order valence-electron chi connectivity index (χ2n) is 8.38. The molecule has 2 amide bonds. The summed E-state index contributed by atoms with van der Waals surface area (Å²) in [6.07, 6.45) is 10.3. The van der Waals surface area contributed by atoms with E-state index in [9.17, 15) is 9.59 Å². The van der Waals surface area contributed by atoms with Crippen LogP contribution in [0.2, 0.25) is 0 Å². The Morgan fingerprint density at radius 3 is 2.11 bits per heavy atom. The molecule has 1 saturated heterocycles. The molecular weight excluding hydrogens is 338 g/mol. The summed E-state index contributed by atoms with van der Waals surface area (Å²) in [5.41, 5.74) is 2.04. The SMILES string of the molecule is O=C(Nc1ccc(N2CCCC2)cc1)C1CC1C(=O)NC1CCCCCC1. The highest BCUT2D eigenvalue weighted by atomic mass is 16.2. The predicted molar refractivity (Wildman–Crippen MR) is 108 cm³/mol. The van der Waals surface area contributed by atoms with Gasteiger partial charge < -0.3 is 15.5 Å². The lowest BCUT2D eigenvalue weighted by molar-refractivity contribution is -0.125. The van der Waals surface area contributed by atoms with Crippen molar-refractivity contribution >= 4 is 23.2 Å². The largest absolute Gasteiger partial charge is 0.372 e. The predicted octanol–water partition coefficient (Wildman–Crippen LogP) is 3.70. The van der Waals surface area contributed by atoms with Gasteiger partial charge in [-0.25, -0.2) is 0 Å². The summed E-state index contributed by atoms with van der Waals surface area (Å²) in [4.78, 5) is 27.3. The maximum Gasteiger partial charge on any atom is 0.228 e. The van der Waals surface area contributed by atoms with Crippen LogP contribution in [0, 0.1) is 11.8 Å². The molecule has 0 spiro atoms. The molecule has 1 aromatic carbocycles. The highest BCUT2D eigenvalue weighted by molar-refractivity contribution is 5.99. The highest BCUT2D eigenvalue weighted by Crippen LogP contribution is 2.40. The molecule has 1 aliphatic heterocycles. The molecule has 4 rings (SSSR count). The van der Waals surface area contributed by atoms with Gasteiger partial charge in [0.05, 0.1) is 11.8 Å². The van der Waals surface area contributed by atoms with Gasteiger partial charge in [0.2, 0.25) is 11.8 Å². The second kappa shape index (κ2) is 8.32. The summed E-state index contributed by atoms with van der Waals surface area (Å²) in [6.45, 7) is 2.23. The topological polar surface area (TPSA) is 61.4 Å². The van der Waals surface area contributed by atoms with Crippen molar-refractivity contribution in [3.05, 3.63) is 24.3 Å². The van der Waals surface area contributed by atoms with Gasteiger partial charge in [-0.3, -0.25) is 9.59 Å². The zero-order chi connectivity index (χ0) is 18.6. The first-order chi connectivity index (χ1) is 13.2. The van der Waals surface area contributed by atoms with Crippen LogP contribution in [0.5, 0.6) is 0 Å². The van der Waals surface area contributed by atoms with Gasteiger partial charge in [-0.2, -0.15) is 0 Å². The van der Waals surface area contributed by atoms with E-state index in [2.05, 4.69) is 27.7 Å². The third-order valence-corrected chi connectivity index (χ3v) is 6.27. The Hall–Kier alpha value is -2.04. The van der Waals surface area contributed by atoms with Crippen molar-refractivity contribution in [3.63, 3.8) is 0 Å². The van der Waals surface area contributed by atoms with Crippen LogP contribution in [0.4, 0.5) is 11.4 Å². The summed E-state index contributed by atoms with van der Waals surface area (Å²) >= 11 is 0. The van der Waals surface area contributed by atoms with E-state index in [1.165, 1.54) is 44.2 Å². The Morgan fingerprint density at radius 1 is 0.815 bits per heavy atom. The van der Waals surface area contributed by atoms with Gasteiger partial charge in [-0.1, -0.05) is 25.7 Å². The Balaban J connectivity index is 1.25. The molecule has 0 aromatic heterocycles. The number of nitrogens with one attached hydrogen (secondary N) is 2. The summed E-state index contributed by atoms with van der Waals surface area (Å²) in [6, 6.07) is 8.39. The van der Waals surface area contributed by atoms with Crippen LogP contribution in [0.1, 0.15) is 57.8 Å². The van der Waals surface area contributed by atoms with E-state index in [0.29, 0.717) is 12.5 Å². The van der Waals surface area contributed by atoms with Crippen LogP contribution in [0.15, 0.2) is 24.3 Å². The molecule has 2 aliphatic carbocycles. The number of hydrogen-bond acceptors (Lipinski definition) is 3. The van der Waals surface area contributed by atoms with Crippen molar-refractivity contribution in [1.29, 1.82) is 0 Å². The Bertz CT molecular complexity index is 659. The lowest BCUT2D eigenvalue weighted by atomic mass is 10.1. The molecule has 2 atom stereocenters. The van der Waals surface area contributed by atoms with Gasteiger partial charge >= 0.3 is 0 Å². The van der Waals surface area contributed by atoms with Crippen LogP contribution in [0.25, 0.3) is 0 Å². The normalized spacial score (nSPS) is 25.7. The lowest BCUT2D eigenvalue weighted by Crippen LogP contribution is -2.36. The molecule has 0 radical (unpaired) electrons. The third-order valence-electron chi connectivity index (χ3n) is 6.27. The van der Waals surface area contributed by atoms with Crippen LogP contribution in [-0.4, -0.2) is 30.9 Å². The number of carbonyl (C=O) groups excluding carboxylic acids is 2. The molecule has 146 valence electrons. The molecule has 0 bridgehead atoms. The average Bonchev–Trinajstić information content (AvgIpc) is 3.38. The fraction of sp³-hybridized carbons (Fsp3) is 0.636. The highest BCUT2D eigenvalue weighted by Gasteiger charge is 2.48. The third kappa shape index (κ3) is 4.63. The maximum absolute atomic E-state index is 12.5. The fourth-order valence-corrected chi connectivity index (χ4v) is 4.47. The first-order valence-electron chi connectivity index (χ1n) is 10.7. The molecule has 27 heavy (non-hydrogen) atoms. The second-order valence-corrected chi connectivity index (χ2v) is 8.38. The Labute approximate surface area is 161 Å². The van der Waals surface area contributed by atoms with Crippen molar-refractivity contribution in [1.82, 2.24) is 5.32 Å². The number of amides is 2. The van der Waals surface area contributed by atoms with Crippen molar-refractivity contribution in [3.8, 4) is 0 Å². The number of rotatable bonds is 5. The van der Waals surface area contributed by atoms with Gasteiger partial charge in [0, 0.05) is 30.5 Å². The molecular formula is C22H31N3O2. The van der Waals surface area contributed by atoms with Gasteiger partial charge in [-0.15, -0.1) is 0 Å². The van der Waals surface area contributed by atoms with E-state index in [0.717, 1.165) is 31.6 Å². The average molecular weight is 370 g/mol. The molecule has 2 saturated carbocycles. The minimum absolute atomic E-state index is 0.0232. The minimum Gasteiger partial charge on any atom is -0.372 e. The van der Waals surface area contributed by atoms with Gasteiger partial charge in [0.15, 0.2) is 0 Å². The molecule has 5 heteroatoms. The zero-order valence-electron chi connectivity index (χ0n) is 16.1. The minimum atomic E-state index is -0.172. The number of nitrogens with zero attached hydrogens (tertiary/aromatic N) is 1. The van der Waals surface area contributed by atoms with Crippen molar-refractivity contribution in [2.45, 2.75) is 63.8 Å². The zero-order valence-corrected chi connectivity index (χ0v) is 16.1. The molecule has 1 aromatic rings. The number of carbonyl (C=O) groups is 2. The van der Waals surface area contributed by atoms with E-state index in [1.54, 1.807) is 0 Å². The van der Waals surface area contributed by atoms with E-state index >= 15 is 0 Å². The molecule has 5 nitrogen and oxygen atoms in total. The summed E-state index contributed by atoms with van der Waals surface area (Å²) in [7, 11) is 0. The summed E-state index contributed by atoms with van der Waals surface area (Å²) in [5, 5.41) is 6.17. The van der Waals surface area contributed by atoms with E-state index in [-0.39, 0.29) is 23.7 Å². The van der Waals surface area contributed by atoms with Crippen LogP contribution >= 0.6 is 0 Å². The van der Waals surface area contributed by atoms with Gasteiger partial charge in [-0.05, 0) is 56.4 Å². The van der Waals surface area contributed by atoms with Crippen molar-refractivity contribution in [2.24, 2.45) is 11.8 Å². The standard InChI is InChI=1S/C22H31N3O2/c26-21(23-16-7-3-1-2-4-8-16)19-15-20(19)22(27)24-17-9-11-18(12-10-17)25-13-5-6-14-25/h9-12,16,19-20H,1-8,13-15H2,(H,23,26)(H,24,27). The van der Waals surface area contributed by atoms with Gasteiger partial charge in [0.25, 0.3) is 0 Å². The van der Waals surface area contributed by atoms with Crippen LogP contribution in [-0.2, 0) is 9.59 Å². The van der Waals surface area contributed by atoms with Crippen molar-refractivity contribution in [2.75, 3.05) is 23.3 Å². The van der Waals surface area contributed by atoms with E-state index < -0.39 is 0 Å². The Morgan fingerprint density at radius 2 is 1.44 bits per heavy atom. The molecule has 2 unspecified atom stereocenters. The number of benzene rings is 1. The molecule has 1 heterocycles. The summed E-state index contributed by atoms with van der Waals surface area (Å²) < 4.78 is 0. The number of hydrogen-bond donors (Lipinski definition) is 2. The monoisotopic (exact) mass is 369 g/mol. The maximum atomic E-state index is 12.5. The number of anilines is 2. The Kier molecular flexibility index (Phi) is 5.65. The molecule has 2 N–H and O–H groups in total. The lowest BCUT2D eigenvalue weighted by Gasteiger charge is -2.18. The van der Waals surface area contributed by atoms with Crippen molar-refractivity contribution < 1.29 is 9.59 Å². The van der Waals surface area contributed by atoms with Crippen LogP contribution in [0.3, 0.4) is 0 Å². The fourth-order valence-electron chi connectivity index (χ4n) is 4.47. The van der Waals surface area contributed by atoms with Crippen LogP contribution < -0.4 is 15.5 Å². The smallest absolute Gasteiger partial charge is 0.228 e. The molecule has 3 aliphatic rings. The van der Waals surface area contributed by atoms with E-state index in [4.69, 9.17) is 0 Å². The molecule has 3 fully saturated rings. The first kappa shape index (κ1) is 18.3.